The van der Waals surface area contributed by atoms with Crippen LogP contribution < -0.4 is 4.74 Å². The average molecular weight is 224 g/mol. The summed E-state index contributed by atoms with van der Waals surface area (Å²) in [6.07, 6.45) is 0. The third-order valence-electron chi connectivity index (χ3n) is 2.27. The monoisotopic (exact) mass is 223 g/mol. The van der Waals surface area contributed by atoms with E-state index in [0.717, 1.165) is 10.9 Å². The summed E-state index contributed by atoms with van der Waals surface area (Å²) in [6.45, 7) is 1.52. The lowest BCUT2D eigenvalue weighted by atomic mass is 10.2. The Hall–Kier alpha value is -1.48. The van der Waals surface area contributed by atoms with Gasteiger partial charge in [0, 0.05) is 23.9 Å². The van der Waals surface area contributed by atoms with E-state index in [4.69, 9.17) is 16.3 Å². The number of Topliss-reactive ketones (excluding diaryl/α,β-unsaturated/α-hetero) is 1. The van der Waals surface area contributed by atoms with E-state index in [1.54, 1.807) is 25.3 Å². The molecule has 78 valence electrons. The van der Waals surface area contributed by atoms with Gasteiger partial charge < -0.3 is 9.72 Å². The molecule has 0 fully saturated rings. The minimum Gasteiger partial charge on any atom is -0.495 e. The van der Waals surface area contributed by atoms with Crippen LogP contribution in [0.3, 0.4) is 0 Å². The predicted molar refractivity (Wildman–Crippen MR) is 59.9 cm³/mol. The van der Waals surface area contributed by atoms with Crippen molar-refractivity contribution in [1.29, 1.82) is 0 Å². The van der Waals surface area contributed by atoms with Crippen molar-refractivity contribution in [2.45, 2.75) is 6.92 Å². The Bertz CT molecular complexity index is 531. The molecule has 1 N–H and O–H groups in total. The normalized spacial score (nSPS) is 10.6. The number of benzene rings is 1. The number of hydrogen-bond acceptors (Lipinski definition) is 2. The maximum atomic E-state index is 11.2. The van der Waals surface area contributed by atoms with Crippen LogP contribution in [0.5, 0.6) is 5.75 Å². The molecular weight excluding hydrogens is 214 g/mol. The number of fused-ring (bicyclic) bond motifs is 1. The van der Waals surface area contributed by atoms with Crippen LogP contribution in [0.4, 0.5) is 0 Å². The second kappa shape index (κ2) is 3.59. The Morgan fingerprint density at radius 3 is 2.73 bits per heavy atom. The average Bonchev–Trinajstić information content (AvgIpc) is 2.59. The SMILES string of the molecule is COc1cc2[nH]c(C(C)=O)cc2cc1Cl. The number of nitrogens with one attached hydrogen (secondary N) is 1. The standard InChI is InChI=1S/C11H10ClNO2/c1-6(14)9-4-7-3-8(12)11(15-2)5-10(7)13-9/h3-5,13H,1-2H3. The zero-order valence-corrected chi connectivity index (χ0v) is 9.18. The van der Waals surface area contributed by atoms with Crippen molar-refractivity contribution in [3.63, 3.8) is 0 Å². The van der Waals surface area contributed by atoms with Gasteiger partial charge in [-0.05, 0) is 12.1 Å². The Balaban J connectivity index is 2.66. The van der Waals surface area contributed by atoms with E-state index in [0.29, 0.717) is 16.5 Å². The van der Waals surface area contributed by atoms with Crippen molar-refractivity contribution in [2.75, 3.05) is 7.11 Å². The van der Waals surface area contributed by atoms with Gasteiger partial charge in [-0.3, -0.25) is 4.79 Å². The van der Waals surface area contributed by atoms with Crippen molar-refractivity contribution in [1.82, 2.24) is 4.98 Å². The third kappa shape index (κ3) is 1.70. The number of ketones is 1. The maximum absolute atomic E-state index is 11.2. The van der Waals surface area contributed by atoms with Crippen LogP contribution in [-0.4, -0.2) is 17.9 Å². The van der Waals surface area contributed by atoms with Gasteiger partial charge in [-0.2, -0.15) is 0 Å². The van der Waals surface area contributed by atoms with Gasteiger partial charge in [0.1, 0.15) is 5.75 Å². The Labute approximate surface area is 92.0 Å². The summed E-state index contributed by atoms with van der Waals surface area (Å²) in [5, 5.41) is 1.45. The van der Waals surface area contributed by atoms with E-state index in [-0.39, 0.29) is 5.78 Å². The summed E-state index contributed by atoms with van der Waals surface area (Å²) in [5.74, 6) is 0.599. The molecule has 1 aromatic carbocycles. The fourth-order valence-corrected chi connectivity index (χ4v) is 1.73. The van der Waals surface area contributed by atoms with Crippen LogP contribution in [0.2, 0.25) is 5.02 Å². The van der Waals surface area contributed by atoms with E-state index in [2.05, 4.69) is 4.98 Å². The minimum absolute atomic E-state index is 0.00119. The summed E-state index contributed by atoms with van der Waals surface area (Å²) >= 11 is 5.97. The summed E-state index contributed by atoms with van der Waals surface area (Å²) in [4.78, 5) is 14.2. The summed E-state index contributed by atoms with van der Waals surface area (Å²) in [7, 11) is 1.56. The minimum atomic E-state index is 0.00119. The molecule has 1 heterocycles. The number of halogens is 1. The topological polar surface area (TPSA) is 42.1 Å². The molecule has 0 aliphatic carbocycles. The molecule has 1 aromatic heterocycles. The van der Waals surface area contributed by atoms with Crippen LogP contribution in [0, 0.1) is 0 Å². The van der Waals surface area contributed by atoms with Gasteiger partial charge in [0.05, 0.1) is 17.8 Å². The van der Waals surface area contributed by atoms with E-state index in [1.165, 1.54) is 6.92 Å². The van der Waals surface area contributed by atoms with Crippen LogP contribution in [0.15, 0.2) is 18.2 Å². The molecular formula is C11H10ClNO2. The molecule has 0 spiro atoms. The molecule has 0 saturated carbocycles. The molecule has 3 nitrogen and oxygen atoms in total. The lowest BCUT2D eigenvalue weighted by Crippen LogP contribution is -1.89. The Morgan fingerprint density at radius 1 is 1.40 bits per heavy atom. The van der Waals surface area contributed by atoms with Gasteiger partial charge in [0.15, 0.2) is 5.78 Å². The number of aromatic amines is 1. The van der Waals surface area contributed by atoms with E-state index < -0.39 is 0 Å². The first kappa shape index (κ1) is 10.1. The van der Waals surface area contributed by atoms with Crippen molar-refractivity contribution >= 4 is 28.3 Å². The fraction of sp³-hybridized carbons (Fsp3) is 0.182. The second-order valence-electron chi connectivity index (χ2n) is 3.31. The molecule has 0 amide bonds. The zero-order chi connectivity index (χ0) is 11.0. The molecule has 2 aromatic rings. The van der Waals surface area contributed by atoms with Gasteiger partial charge >= 0.3 is 0 Å². The lowest BCUT2D eigenvalue weighted by Gasteiger charge is -2.01. The molecule has 0 unspecified atom stereocenters. The van der Waals surface area contributed by atoms with Crippen LogP contribution >= 0.6 is 11.6 Å². The number of carbonyl (C=O) groups excluding carboxylic acids is 1. The van der Waals surface area contributed by atoms with Gasteiger partial charge in [-0.1, -0.05) is 11.6 Å². The van der Waals surface area contributed by atoms with Crippen molar-refractivity contribution in [2.24, 2.45) is 0 Å². The van der Waals surface area contributed by atoms with Crippen LogP contribution in [0.1, 0.15) is 17.4 Å². The van der Waals surface area contributed by atoms with E-state index in [1.807, 2.05) is 0 Å². The zero-order valence-electron chi connectivity index (χ0n) is 8.43. The van der Waals surface area contributed by atoms with Crippen LogP contribution in [0.25, 0.3) is 10.9 Å². The highest BCUT2D eigenvalue weighted by Crippen LogP contribution is 2.30. The maximum Gasteiger partial charge on any atom is 0.175 e. The first-order chi connectivity index (χ1) is 7.11. The third-order valence-corrected chi connectivity index (χ3v) is 2.57. The highest BCUT2D eigenvalue weighted by atomic mass is 35.5. The Kier molecular flexibility index (Phi) is 2.40. The molecule has 2 rings (SSSR count). The molecule has 0 aliphatic heterocycles. The number of carbonyl (C=O) groups is 1. The number of hydrogen-bond donors (Lipinski definition) is 1. The number of aromatic nitrogens is 1. The molecule has 4 heteroatoms. The first-order valence-corrected chi connectivity index (χ1v) is 4.87. The van der Waals surface area contributed by atoms with E-state index in [9.17, 15) is 4.79 Å². The second-order valence-corrected chi connectivity index (χ2v) is 3.72. The Morgan fingerprint density at radius 2 is 2.13 bits per heavy atom. The smallest absolute Gasteiger partial charge is 0.175 e. The molecule has 0 bridgehead atoms. The number of methoxy groups -OCH3 is 1. The van der Waals surface area contributed by atoms with Crippen molar-refractivity contribution in [3.05, 3.63) is 28.9 Å². The van der Waals surface area contributed by atoms with Gasteiger partial charge in [0.25, 0.3) is 0 Å². The molecule has 0 atom stereocenters. The van der Waals surface area contributed by atoms with Crippen molar-refractivity contribution in [3.8, 4) is 5.75 Å². The summed E-state index contributed by atoms with van der Waals surface area (Å²) in [5.41, 5.74) is 1.43. The molecule has 0 aliphatic rings. The quantitative estimate of drug-likeness (QED) is 0.796. The summed E-state index contributed by atoms with van der Waals surface area (Å²) < 4.78 is 5.09. The largest absolute Gasteiger partial charge is 0.495 e. The van der Waals surface area contributed by atoms with Crippen molar-refractivity contribution < 1.29 is 9.53 Å². The highest BCUT2D eigenvalue weighted by molar-refractivity contribution is 6.32. The van der Waals surface area contributed by atoms with Gasteiger partial charge in [-0.25, -0.2) is 0 Å². The van der Waals surface area contributed by atoms with Gasteiger partial charge in [-0.15, -0.1) is 0 Å². The molecule has 15 heavy (non-hydrogen) atoms. The first-order valence-electron chi connectivity index (χ1n) is 4.49. The highest BCUT2D eigenvalue weighted by Gasteiger charge is 2.08. The fourth-order valence-electron chi connectivity index (χ4n) is 1.48. The molecule has 0 saturated heterocycles. The summed E-state index contributed by atoms with van der Waals surface area (Å²) in [6, 6.07) is 5.34. The number of rotatable bonds is 2. The predicted octanol–water partition coefficient (Wildman–Crippen LogP) is 3.03. The van der Waals surface area contributed by atoms with Gasteiger partial charge in [0.2, 0.25) is 0 Å². The number of H-pyrrole nitrogens is 1. The van der Waals surface area contributed by atoms with E-state index >= 15 is 0 Å². The lowest BCUT2D eigenvalue weighted by molar-refractivity contribution is 0.101. The number of ether oxygens (including phenoxy) is 1. The van der Waals surface area contributed by atoms with Crippen LogP contribution in [-0.2, 0) is 0 Å². The molecule has 0 radical (unpaired) electrons.